The number of aryl methyl sites for hydroxylation is 1. The van der Waals surface area contributed by atoms with Crippen molar-refractivity contribution < 1.29 is 4.79 Å². The zero-order valence-corrected chi connectivity index (χ0v) is 15.9. The minimum atomic E-state index is -0.167. The number of hydrogen-bond acceptors (Lipinski definition) is 4. The van der Waals surface area contributed by atoms with Crippen LogP contribution in [0.2, 0.25) is 0 Å². The molecule has 138 valence electrons. The number of anilines is 4. The molecule has 0 fully saturated rings. The molecular weight excluding hydrogens is 336 g/mol. The lowest BCUT2D eigenvalue weighted by Gasteiger charge is -2.13. The van der Waals surface area contributed by atoms with Crippen LogP contribution in [0.1, 0.15) is 22.8 Å². The van der Waals surface area contributed by atoms with Gasteiger partial charge >= 0.3 is 0 Å². The number of pyridine rings is 1. The van der Waals surface area contributed by atoms with Crippen LogP contribution in [0.5, 0.6) is 0 Å². The molecule has 27 heavy (non-hydrogen) atoms. The highest BCUT2D eigenvalue weighted by molar-refractivity contribution is 6.04. The van der Waals surface area contributed by atoms with Crippen LogP contribution >= 0.6 is 0 Å². The number of rotatable bonds is 6. The summed E-state index contributed by atoms with van der Waals surface area (Å²) >= 11 is 0. The molecule has 3 rings (SSSR count). The highest BCUT2D eigenvalue weighted by atomic mass is 16.1. The summed E-state index contributed by atoms with van der Waals surface area (Å²) in [5.41, 5.74) is 4.61. The Labute approximate surface area is 160 Å². The molecule has 2 aromatic carbocycles. The Bertz CT molecular complexity index is 902. The van der Waals surface area contributed by atoms with Gasteiger partial charge in [0.15, 0.2) is 0 Å². The summed E-state index contributed by atoms with van der Waals surface area (Å²) in [6.07, 6.45) is 2.64. The van der Waals surface area contributed by atoms with Crippen LogP contribution < -0.4 is 15.5 Å². The number of hydrogen-bond donors (Lipinski definition) is 2. The summed E-state index contributed by atoms with van der Waals surface area (Å²) in [7, 11) is 3.96. The zero-order valence-electron chi connectivity index (χ0n) is 15.9. The molecule has 5 heteroatoms. The van der Waals surface area contributed by atoms with Crippen LogP contribution in [-0.4, -0.2) is 25.0 Å². The molecular formula is C22H24N4O. The summed E-state index contributed by atoms with van der Waals surface area (Å²) in [6.45, 7) is 2.13. The van der Waals surface area contributed by atoms with Gasteiger partial charge in [-0.3, -0.25) is 4.79 Å². The molecule has 0 atom stereocenters. The van der Waals surface area contributed by atoms with Gasteiger partial charge in [-0.2, -0.15) is 0 Å². The maximum Gasteiger partial charge on any atom is 0.255 e. The first-order valence-corrected chi connectivity index (χ1v) is 8.96. The molecule has 0 radical (unpaired) electrons. The average Bonchev–Trinajstić information content (AvgIpc) is 2.69. The molecule has 0 bridgehead atoms. The van der Waals surface area contributed by atoms with Crippen LogP contribution in [0.3, 0.4) is 0 Å². The van der Waals surface area contributed by atoms with Gasteiger partial charge in [-0.05, 0) is 60.5 Å². The molecule has 2 N–H and O–H groups in total. The molecule has 0 saturated carbocycles. The first-order chi connectivity index (χ1) is 13.0. The minimum absolute atomic E-state index is 0.167. The third-order valence-corrected chi connectivity index (χ3v) is 4.30. The summed E-state index contributed by atoms with van der Waals surface area (Å²) in [5.74, 6) is 0.467. The van der Waals surface area contributed by atoms with Crippen molar-refractivity contribution in [2.24, 2.45) is 0 Å². The normalized spacial score (nSPS) is 10.3. The van der Waals surface area contributed by atoms with Gasteiger partial charge in [-0.1, -0.05) is 19.1 Å². The summed E-state index contributed by atoms with van der Waals surface area (Å²) in [6, 6.07) is 19.4. The third kappa shape index (κ3) is 4.85. The Kier molecular flexibility index (Phi) is 5.71. The van der Waals surface area contributed by atoms with E-state index in [9.17, 15) is 4.79 Å². The van der Waals surface area contributed by atoms with Crippen molar-refractivity contribution >= 4 is 28.8 Å². The first kappa shape index (κ1) is 18.5. The molecule has 0 aliphatic carbocycles. The van der Waals surface area contributed by atoms with Gasteiger partial charge in [-0.15, -0.1) is 0 Å². The van der Waals surface area contributed by atoms with Crippen molar-refractivity contribution in [3.63, 3.8) is 0 Å². The topological polar surface area (TPSA) is 57.3 Å². The monoisotopic (exact) mass is 360 g/mol. The second-order valence-corrected chi connectivity index (χ2v) is 6.50. The fourth-order valence-corrected chi connectivity index (χ4v) is 2.66. The lowest BCUT2D eigenvalue weighted by atomic mass is 10.1. The number of carbonyl (C=O) groups is 1. The summed E-state index contributed by atoms with van der Waals surface area (Å²) in [4.78, 5) is 18.9. The van der Waals surface area contributed by atoms with Gasteiger partial charge in [0.05, 0.1) is 0 Å². The summed E-state index contributed by atoms with van der Waals surface area (Å²) in [5, 5.41) is 6.16. The minimum Gasteiger partial charge on any atom is -0.378 e. The van der Waals surface area contributed by atoms with E-state index in [-0.39, 0.29) is 5.91 Å². The number of aromatic nitrogens is 1. The number of amides is 1. The zero-order chi connectivity index (χ0) is 19.2. The highest BCUT2D eigenvalue weighted by Crippen LogP contribution is 2.19. The van der Waals surface area contributed by atoms with Gasteiger partial charge in [0.2, 0.25) is 0 Å². The van der Waals surface area contributed by atoms with Gasteiger partial charge in [-0.25, -0.2) is 4.98 Å². The van der Waals surface area contributed by atoms with E-state index < -0.39 is 0 Å². The van der Waals surface area contributed by atoms with Crippen molar-refractivity contribution in [1.29, 1.82) is 0 Å². The lowest BCUT2D eigenvalue weighted by molar-refractivity contribution is 0.102. The van der Waals surface area contributed by atoms with E-state index in [2.05, 4.69) is 34.7 Å². The van der Waals surface area contributed by atoms with Crippen molar-refractivity contribution in [3.8, 4) is 0 Å². The van der Waals surface area contributed by atoms with Crippen molar-refractivity contribution in [3.05, 3.63) is 78.0 Å². The van der Waals surface area contributed by atoms with Crippen LogP contribution in [0.25, 0.3) is 0 Å². The molecule has 0 unspecified atom stereocenters. The van der Waals surface area contributed by atoms with Crippen molar-refractivity contribution in [2.45, 2.75) is 13.3 Å². The predicted octanol–water partition coefficient (Wildman–Crippen LogP) is 4.71. The van der Waals surface area contributed by atoms with E-state index >= 15 is 0 Å². The lowest BCUT2D eigenvalue weighted by Crippen LogP contribution is -2.13. The van der Waals surface area contributed by atoms with Gasteiger partial charge in [0.25, 0.3) is 5.91 Å². The van der Waals surface area contributed by atoms with Gasteiger partial charge in [0.1, 0.15) is 5.82 Å². The van der Waals surface area contributed by atoms with Gasteiger partial charge < -0.3 is 15.5 Å². The number of carbonyl (C=O) groups excluding carboxylic acids is 1. The van der Waals surface area contributed by atoms with Crippen LogP contribution in [0, 0.1) is 0 Å². The number of benzene rings is 2. The SMILES string of the molecule is CCc1ccc(Nc2cc(C(=O)Nc3ccc(N(C)C)cc3)ccn2)cc1. The van der Waals surface area contributed by atoms with Crippen LogP contribution in [0.4, 0.5) is 22.9 Å². The predicted molar refractivity (Wildman–Crippen MR) is 112 cm³/mol. The third-order valence-electron chi connectivity index (χ3n) is 4.30. The maximum atomic E-state index is 12.5. The molecule has 1 amide bonds. The highest BCUT2D eigenvalue weighted by Gasteiger charge is 2.08. The molecule has 0 spiro atoms. The van der Waals surface area contributed by atoms with E-state index in [0.29, 0.717) is 11.4 Å². The van der Waals surface area contributed by atoms with E-state index in [1.54, 1.807) is 18.3 Å². The Morgan fingerprint density at radius 1 is 0.963 bits per heavy atom. The smallest absolute Gasteiger partial charge is 0.255 e. The van der Waals surface area contributed by atoms with E-state index in [4.69, 9.17) is 0 Å². The van der Waals surface area contributed by atoms with Crippen molar-refractivity contribution in [2.75, 3.05) is 29.6 Å². The molecule has 5 nitrogen and oxygen atoms in total. The fraction of sp³-hybridized carbons (Fsp3) is 0.182. The molecule has 0 saturated heterocycles. The van der Waals surface area contributed by atoms with E-state index in [1.807, 2.05) is 55.4 Å². The van der Waals surface area contributed by atoms with E-state index in [1.165, 1.54) is 5.56 Å². The van der Waals surface area contributed by atoms with Crippen LogP contribution in [-0.2, 0) is 6.42 Å². The first-order valence-electron chi connectivity index (χ1n) is 8.96. The molecule has 1 aromatic heterocycles. The molecule has 0 aliphatic heterocycles. The number of nitrogens with one attached hydrogen (secondary N) is 2. The Morgan fingerprint density at radius 2 is 1.63 bits per heavy atom. The van der Waals surface area contributed by atoms with E-state index in [0.717, 1.165) is 23.5 Å². The largest absolute Gasteiger partial charge is 0.378 e. The van der Waals surface area contributed by atoms with Crippen molar-refractivity contribution in [1.82, 2.24) is 4.98 Å². The second-order valence-electron chi connectivity index (χ2n) is 6.50. The average molecular weight is 360 g/mol. The molecule has 0 aliphatic rings. The quantitative estimate of drug-likeness (QED) is 0.669. The fourth-order valence-electron chi connectivity index (χ4n) is 2.66. The maximum absolute atomic E-state index is 12.5. The standard InChI is InChI=1S/C22H24N4O/c1-4-16-5-7-18(8-6-16)24-21-15-17(13-14-23-21)22(27)25-19-9-11-20(12-10-19)26(2)3/h5-15H,4H2,1-3H3,(H,23,24)(H,25,27). The second kappa shape index (κ2) is 8.36. The Balaban J connectivity index is 1.69. The van der Waals surface area contributed by atoms with Crippen LogP contribution in [0.15, 0.2) is 66.9 Å². The van der Waals surface area contributed by atoms with Gasteiger partial charge in [0, 0.05) is 42.9 Å². The number of nitrogens with zero attached hydrogens (tertiary/aromatic N) is 2. The Morgan fingerprint density at radius 3 is 2.26 bits per heavy atom. The molecule has 1 heterocycles. The molecule has 3 aromatic rings. The summed E-state index contributed by atoms with van der Waals surface area (Å²) < 4.78 is 0. The Hall–Kier alpha value is -3.34.